The van der Waals surface area contributed by atoms with Crippen LogP contribution in [0.25, 0.3) is 0 Å². The van der Waals surface area contributed by atoms with E-state index in [1.807, 2.05) is 12.1 Å². The zero-order valence-corrected chi connectivity index (χ0v) is 18.2. The Morgan fingerprint density at radius 2 is 1.54 bits per heavy atom. The van der Waals surface area contributed by atoms with Crippen molar-refractivity contribution in [2.24, 2.45) is 5.73 Å². The van der Waals surface area contributed by atoms with Gasteiger partial charge in [0.05, 0.1) is 13.2 Å². The summed E-state index contributed by atoms with van der Waals surface area (Å²) in [6, 6.07) is 16.8. The van der Waals surface area contributed by atoms with Crippen LogP contribution in [0.5, 0.6) is 5.75 Å². The fraction of sp³-hybridized carbons (Fsp3) is 0.500. The van der Waals surface area contributed by atoms with Gasteiger partial charge in [-0.2, -0.15) is 0 Å². The maximum atomic E-state index is 5.56. The molecule has 0 aromatic heterocycles. The Morgan fingerprint density at radius 1 is 0.893 bits per heavy atom. The van der Waals surface area contributed by atoms with E-state index in [9.17, 15) is 0 Å². The van der Waals surface area contributed by atoms with Crippen molar-refractivity contribution in [3.05, 3.63) is 59.7 Å². The molecule has 0 unspecified atom stereocenters. The molecule has 156 valence electrons. The van der Waals surface area contributed by atoms with Gasteiger partial charge in [0.2, 0.25) is 0 Å². The van der Waals surface area contributed by atoms with E-state index in [-0.39, 0.29) is 0 Å². The molecule has 0 saturated heterocycles. The van der Waals surface area contributed by atoms with Gasteiger partial charge in [-0.15, -0.1) is 0 Å². The molecule has 0 fully saturated rings. The van der Waals surface area contributed by atoms with Crippen LogP contribution >= 0.6 is 0 Å². The van der Waals surface area contributed by atoms with E-state index in [0.29, 0.717) is 25.0 Å². The van der Waals surface area contributed by atoms with E-state index in [1.54, 1.807) is 7.11 Å². The molecule has 0 amide bonds. The molecule has 0 heterocycles. The molecule has 0 aliphatic rings. The fourth-order valence-electron chi connectivity index (χ4n) is 2.54. The summed E-state index contributed by atoms with van der Waals surface area (Å²) in [5.74, 6) is 2.08. The van der Waals surface area contributed by atoms with Gasteiger partial charge in [0.1, 0.15) is 5.75 Å². The van der Waals surface area contributed by atoms with Gasteiger partial charge >= 0.3 is 0 Å². The monoisotopic (exact) mass is 386 g/mol. The van der Waals surface area contributed by atoms with Gasteiger partial charge < -0.3 is 20.5 Å². The summed E-state index contributed by atoms with van der Waals surface area (Å²) in [6.07, 6.45) is 0.909. The first-order chi connectivity index (χ1) is 13.5. The third-order valence-electron chi connectivity index (χ3n) is 4.33. The topological polar surface area (TPSA) is 56.5 Å². The Bertz CT molecular complexity index is 599. The minimum Gasteiger partial charge on any atom is -0.494 e. The number of anilines is 1. The highest BCUT2D eigenvalue weighted by atomic mass is 16.5. The number of benzene rings is 2. The van der Waals surface area contributed by atoms with Crippen LogP contribution in [0.3, 0.4) is 0 Å². The maximum absolute atomic E-state index is 5.56. The maximum Gasteiger partial charge on any atom is 0.119 e. The lowest BCUT2D eigenvalue weighted by molar-refractivity contribution is 0.211. The molecule has 3 N–H and O–H groups in total. The van der Waals surface area contributed by atoms with Crippen LogP contribution in [0, 0.1) is 0 Å². The van der Waals surface area contributed by atoms with Gasteiger partial charge in [-0.1, -0.05) is 52.0 Å². The lowest BCUT2D eigenvalue weighted by Gasteiger charge is -2.09. The second-order valence-corrected chi connectivity index (χ2v) is 7.42. The zero-order chi connectivity index (χ0) is 20.8. The van der Waals surface area contributed by atoms with E-state index in [1.165, 1.54) is 16.8 Å². The number of nitrogens with two attached hydrogens (primary N) is 1. The Balaban J connectivity index is 0.000000280. The van der Waals surface area contributed by atoms with Crippen LogP contribution in [-0.4, -0.2) is 33.4 Å². The molecule has 4 heteroatoms. The highest BCUT2D eigenvalue weighted by Gasteiger charge is 2.00. The van der Waals surface area contributed by atoms with Crippen LogP contribution in [0.4, 0.5) is 5.69 Å². The SMILES string of the molecule is CC(C)c1cccc(OCCCN)c1.COCCNc1cccc(C(C)C)c1. The first-order valence-corrected chi connectivity index (χ1v) is 10.2. The molecule has 0 atom stereocenters. The molecule has 0 aliphatic heterocycles. The molecule has 2 aromatic rings. The average Bonchev–Trinajstić information content (AvgIpc) is 2.69. The first-order valence-electron chi connectivity index (χ1n) is 10.2. The minimum absolute atomic E-state index is 0.549. The lowest BCUT2D eigenvalue weighted by Crippen LogP contribution is -2.07. The first kappa shape index (κ1) is 24.0. The van der Waals surface area contributed by atoms with Crippen molar-refractivity contribution in [2.75, 3.05) is 38.7 Å². The summed E-state index contributed by atoms with van der Waals surface area (Å²) in [4.78, 5) is 0. The fourth-order valence-corrected chi connectivity index (χ4v) is 2.54. The molecule has 0 radical (unpaired) electrons. The van der Waals surface area contributed by atoms with Crippen molar-refractivity contribution < 1.29 is 9.47 Å². The highest BCUT2D eigenvalue weighted by Crippen LogP contribution is 2.20. The van der Waals surface area contributed by atoms with Gasteiger partial charge in [0, 0.05) is 19.3 Å². The normalized spacial score (nSPS) is 10.6. The number of ether oxygens (including phenoxy) is 2. The Labute approximate surface area is 171 Å². The predicted octanol–water partition coefficient (Wildman–Crippen LogP) is 5.41. The van der Waals surface area contributed by atoms with Crippen LogP contribution in [0.2, 0.25) is 0 Å². The van der Waals surface area contributed by atoms with E-state index in [0.717, 1.165) is 25.3 Å². The molecule has 2 aromatic carbocycles. The quantitative estimate of drug-likeness (QED) is 0.536. The number of nitrogens with one attached hydrogen (secondary N) is 1. The summed E-state index contributed by atoms with van der Waals surface area (Å²) in [7, 11) is 1.71. The molecule has 0 bridgehead atoms. The number of methoxy groups -OCH3 is 1. The van der Waals surface area contributed by atoms with Crippen molar-refractivity contribution in [1.82, 2.24) is 0 Å². The Hall–Kier alpha value is -2.04. The molecule has 2 rings (SSSR count). The van der Waals surface area contributed by atoms with Gasteiger partial charge in [-0.25, -0.2) is 0 Å². The Kier molecular flexibility index (Phi) is 12.0. The minimum atomic E-state index is 0.549. The van der Waals surface area contributed by atoms with E-state index >= 15 is 0 Å². The molecule has 4 nitrogen and oxygen atoms in total. The largest absolute Gasteiger partial charge is 0.494 e. The second-order valence-electron chi connectivity index (χ2n) is 7.42. The number of hydrogen-bond donors (Lipinski definition) is 2. The summed E-state index contributed by atoms with van der Waals surface area (Å²) in [5, 5.41) is 3.32. The van der Waals surface area contributed by atoms with Crippen molar-refractivity contribution in [2.45, 2.75) is 46.0 Å². The van der Waals surface area contributed by atoms with E-state index < -0.39 is 0 Å². The standard InChI is InChI=1S/2C12H19NO/c1-10(2)11-5-4-6-12(9-11)13-7-8-14-3;1-10(2)11-5-3-6-12(9-11)14-8-4-7-13/h4-6,9-10,13H,7-8H2,1-3H3;3,5-6,9-10H,4,7-8,13H2,1-2H3. The number of hydrogen-bond acceptors (Lipinski definition) is 4. The van der Waals surface area contributed by atoms with Crippen LogP contribution < -0.4 is 15.8 Å². The van der Waals surface area contributed by atoms with Gasteiger partial charge in [0.25, 0.3) is 0 Å². The summed E-state index contributed by atoms with van der Waals surface area (Å²) < 4.78 is 10.5. The van der Waals surface area contributed by atoms with Crippen molar-refractivity contribution in [3.63, 3.8) is 0 Å². The Morgan fingerprint density at radius 3 is 2.14 bits per heavy atom. The third kappa shape index (κ3) is 9.77. The smallest absolute Gasteiger partial charge is 0.119 e. The third-order valence-corrected chi connectivity index (χ3v) is 4.33. The molecule has 0 spiro atoms. The predicted molar refractivity (Wildman–Crippen MR) is 121 cm³/mol. The van der Waals surface area contributed by atoms with Crippen molar-refractivity contribution in [3.8, 4) is 5.75 Å². The molecular weight excluding hydrogens is 348 g/mol. The molecular formula is C24H38N2O2. The summed E-state index contributed by atoms with van der Waals surface area (Å²) >= 11 is 0. The second kappa shape index (κ2) is 14.0. The summed E-state index contributed by atoms with van der Waals surface area (Å²) in [6.45, 7) is 11.8. The van der Waals surface area contributed by atoms with Gasteiger partial charge in [-0.05, 0) is 60.2 Å². The van der Waals surface area contributed by atoms with Crippen molar-refractivity contribution >= 4 is 5.69 Å². The molecule has 28 heavy (non-hydrogen) atoms. The zero-order valence-electron chi connectivity index (χ0n) is 18.2. The number of rotatable bonds is 10. The van der Waals surface area contributed by atoms with Gasteiger partial charge in [-0.3, -0.25) is 0 Å². The van der Waals surface area contributed by atoms with Crippen LogP contribution in [0.15, 0.2) is 48.5 Å². The highest BCUT2D eigenvalue weighted by molar-refractivity contribution is 5.46. The van der Waals surface area contributed by atoms with Crippen LogP contribution in [-0.2, 0) is 4.74 Å². The van der Waals surface area contributed by atoms with E-state index in [4.69, 9.17) is 15.2 Å². The van der Waals surface area contributed by atoms with Gasteiger partial charge in [0.15, 0.2) is 0 Å². The van der Waals surface area contributed by atoms with E-state index in [2.05, 4.69) is 69.4 Å². The molecule has 0 saturated carbocycles. The lowest BCUT2D eigenvalue weighted by atomic mass is 10.0. The van der Waals surface area contributed by atoms with Crippen LogP contribution in [0.1, 0.15) is 57.1 Å². The average molecular weight is 387 g/mol. The molecule has 0 aliphatic carbocycles. The summed E-state index contributed by atoms with van der Waals surface area (Å²) in [5.41, 5.74) is 9.25. The van der Waals surface area contributed by atoms with Crippen molar-refractivity contribution in [1.29, 1.82) is 0 Å².